The lowest BCUT2D eigenvalue weighted by Crippen LogP contribution is -2.26. The molecule has 0 unspecified atom stereocenters. The fourth-order valence-electron chi connectivity index (χ4n) is 2.71. The van der Waals surface area contributed by atoms with Crippen molar-refractivity contribution in [2.24, 2.45) is 0 Å². The van der Waals surface area contributed by atoms with E-state index in [9.17, 15) is 9.59 Å². The van der Waals surface area contributed by atoms with Crippen molar-refractivity contribution in [3.8, 4) is 17.1 Å². The Bertz CT molecular complexity index is 960. The van der Waals surface area contributed by atoms with Gasteiger partial charge in [-0.15, -0.1) is 0 Å². The van der Waals surface area contributed by atoms with E-state index in [1.165, 1.54) is 13.1 Å². The molecule has 3 aromatic rings. The van der Waals surface area contributed by atoms with Crippen molar-refractivity contribution < 1.29 is 13.9 Å². The highest BCUT2D eigenvalue weighted by Gasteiger charge is 2.20. The Morgan fingerprint density at radius 2 is 1.77 bits per heavy atom. The Balaban J connectivity index is 2.06. The molecular weight excluding hydrogens is 330 g/mol. The van der Waals surface area contributed by atoms with Crippen molar-refractivity contribution in [3.63, 3.8) is 0 Å². The number of carbonyl (C=O) groups is 1. The third-order valence-corrected chi connectivity index (χ3v) is 4.03. The van der Waals surface area contributed by atoms with E-state index in [0.29, 0.717) is 17.7 Å². The molecule has 0 radical (unpaired) electrons. The fraction of sp³-hybridized carbons (Fsp3) is 0.143. The summed E-state index contributed by atoms with van der Waals surface area (Å²) >= 11 is 0. The summed E-state index contributed by atoms with van der Waals surface area (Å²) in [5, 5.41) is 2.50. The van der Waals surface area contributed by atoms with Crippen LogP contribution in [-0.2, 0) is 6.42 Å². The number of methoxy groups -OCH3 is 1. The monoisotopic (exact) mass is 349 g/mol. The smallest absolute Gasteiger partial charge is 0.258 e. The van der Waals surface area contributed by atoms with E-state index in [1.54, 1.807) is 7.11 Å². The fourth-order valence-corrected chi connectivity index (χ4v) is 2.71. The van der Waals surface area contributed by atoms with Crippen molar-refractivity contribution in [1.29, 1.82) is 0 Å². The van der Waals surface area contributed by atoms with E-state index in [4.69, 9.17) is 9.15 Å². The van der Waals surface area contributed by atoms with Crippen molar-refractivity contribution in [1.82, 2.24) is 5.32 Å². The summed E-state index contributed by atoms with van der Waals surface area (Å²) in [6.45, 7) is 0. The summed E-state index contributed by atoms with van der Waals surface area (Å²) in [6.07, 6.45) is 0.438. The van der Waals surface area contributed by atoms with Crippen LogP contribution in [0.4, 0.5) is 0 Å². The average Bonchev–Trinajstić information content (AvgIpc) is 2.68. The largest absolute Gasteiger partial charge is 0.497 e. The van der Waals surface area contributed by atoms with E-state index in [2.05, 4.69) is 5.32 Å². The van der Waals surface area contributed by atoms with Gasteiger partial charge in [-0.1, -0.05) is 42.5 Å². The summed E-state index contributed by atoms with van der Waals surface area (Å²) in [7, 11) is 3.10. The topological polar surface area (TPSA) is 68.5 Å². The summed E-state index contributed by atoms with van der Waals surface area (Å²) in [6, 6.07) is 18.0. The van der Waals surface area contributed by atoms with E-state index in [1.807, 2.05) is 54.6 Å². The molecule has 0 aliphatic rings. The van der Waals surface area contributed by atoms with Crippen molar-refractivity contribution in [2.75, 3.05) is 14.2 Å². The average molecular weight is 349 g/mol. The first-order valence-corrected chi connectivity index (χ1v) is 8.20. The number of amides is 1. The van der Waals surface area contributed by atoms with Crippen LogP contribution in [0.25, 0.3) is 11.3 Å². The van der Waals surface area contributed by atoms with E-state index >= 15 is 0 Å². The zero-order chi connectivity index (χ0) is 18.5. The Morgan fingerprint density at radius 3 is 2.38 bits per heavy atom. The van der Waals surface area contributed by atoms with Gasteiger partial charge in [0.25, 0.3) is 5.91 Å². The Kier molecular flexibility index (Phi) is 5.17. The minimum absolute atomic E-state index is 0.0113. The molecule has 3 rings (SSSR count). The van der Waals surface area contributed by atoms with Crippen LogP contribution in [0.5, 0.6) is 5.75 Å². The normalized spacial score (nSPS) is 10.4. The number of nitrogens with one attached hydrogen (secondary N) is 1. The quantitative estimate of drug-likeness (QED) is 0.768. The lowest BCUT2D eigenvalue weighted by Gasteiger charge is -2.10. The predicted molar refractivity (Wildman–Crippen MR) is 99.6 cm³/mol. The highest BCUT2D eigenvalue weighted by Crippen LogP contribution is 2.24. The van der Waals surface area contributed by atoms with Gasteiger partial charge in [-0.25, -0.2) is 0 Å². The van der Waals surface area contributed by atoms with Crippen LogP contribution in [-0.4, -0.2) is 20.1 Å². The second kappa shape index (κ2) is 7.70. The molecule has 0 bridgehead atoms. The van der Waals surface area contributed by atoms with Crippen molar-refractivity contribution in [3.05, 3.63) is 87.8 Å². The lowest BCUT2D eigenvalue weighted by atomic mass is 10.0. The number of hydrogen-bond acceptors (Lipinski definition) is 4. The highest BCUT2D eigenvalue weighted by atomic mass is 16.5. The van der Waals surface area contributed by atoms with Gasteiger partial charge in [-0.2, -0.15) is 0 Å². The standard InChI is InChI=1S/C21H19NO4/c1-22-21(24)19-18(23)13-17(12-14-8-10-16(25-2)11-9-14)26-20(19)15-6-4-3-5-7-15/h3-11,13H,12H2,1-2H3,(H,22,24). The molecule has 0 aliphatic heterocycles. The van der Waals surface area contributed by atoms with Crippen LogP contribution in [0.3, 0.4) is 0 Å². The molecular formula is C21H19NO4. The Hall–Kier alpha value is -3.34. The zero-order valence-corrected chi connectivity index (χ0v) is 14.6. The van der Waals surface area contributed by atoms with Gasteiger partial charge in [0.15, 0.2) is 11.2 Å². The lowest BCUT2D eigenvalue weighted by molar-refractivity contribution is 0.0960. The maximum atomic E-state index is 12.6. The van der Waals surface area contributed by atoms with Crippen LogP contribution in [0.15, 0.2) is 69.9 Å². The summed E-state index contributed by atoms with van der Waals surface area (Å²) in [5.74, 6) is 1.07. The summed E-state index contributed by atoms with van der Waals surface area (Å²) in [5.41, 5.74) is 1.30. The first-order chi connectivity index (χ1) is 12.6. The van der Waals surface area contributed by atoms with Gasteiger partial charge in [0, 0.05) is 25.1 Å². The first kappa shape index (κ1) is 17.5. The second-order valence-corrected chi connectivity index (χ2v) is 5.75. The number of ether oxygens (including phenoxy) is 1. The van der Waals surface area contributed by atoms with Gasteiger partial charge in [0.05, 0.1) is 7.11 Å². The molecule has 0 aliphatic carbocycles. The van der Waals surface area contributed by atoms with Gasteiger partial charge in [0.1, 0.15) is 17.1 Å². The molecule has 0 atom stereocenters. The van der Waals surface area contributed by atoms with Crippen molar-refractivity contribution in [2.45, 2.75) is 6.42 Å². The van der Waals surface area contributed by atoms with Gasteiger partial charge < -0.3 is 14.5 Å². The Labute approximate surface area is 151 Å². The van der Waals surface area contributed by atoms with Gasteiger partial charge in [0.2, 0.25) is 0 Å². The van der Waals surface area contributed by atoms with Gasteiger partial charge in [-0.05, 0) is 17.7 Å². The number of benzene rings is 2. The van der Waals surface area contributed by atoms with E-state index < -0.39 is 5.91 Å². The third kappa shape index (κ3) is 3.67. The predicted octanol–water partition coefficient (Wildman–Crippen LogP) is 3.27. The van der Waals surface area contributed by atoms with Crippen LogP contribution >= 0.6 is 0 Å². The van der Waals surface area contributed by atoms with Crippen LogP contribution in [0.1, 0.15) is 21.7 Å². The molecule has 26 heavy (non-hydrogen) atoms. The zero-order valence-electron chi connectivity index (χ0n) is 14.6. The van der Waals surface area contributed by atoms with Crippen LogP contribution < -0.4 is 15.5 Å². The minimum atomic E-state index is -0.464. The molecule has 1 aromatic heterocycles. The van der Waals surface area contributed by atoms with Gasteiger partial charge >= 0.3 is 0 Å². The number of rotatable bonds is 5. The molecule has 0 fully saturated rings. The minimum Gasteiger partial charge on any atom is -0.497 e. The summed E-state index contributed by atoms with van der Waals surface area (Å²) < 4.78 is 11.1. The number of hydrogen-bond donors (Lipinski definition) is 1. The molecule has 0 saturated heterocycles. The highest BCUT2D eigenvalue weighted by molar-refractivity contribution is 5.99. The Morgan fingerprint density at radius 1 is 1.08 bits per heavy atom. The van der Waals surface area contributed by atoms with Crippen LogP contribution in [0, 0.1) is 0 Å². The molecule has 1 amide bonds. The molecule has 5 heteroatoms. The SMILES string of the molecule is CNC(=O)c1c(-c2ccccc2)oc(Cc2ccc(OC)cc2)cc1=O. The van der Waals surface area contributed by atoms with Gasteiger partial charge in [-0.3, -0.25) is 9.59 Å². The molecule has 0 saturated carbocycles. The molecule has 5 nitrogen and oxygen atoms in total. The van der Waals surface area contributed by atoms with Crippen molar-refractivity contribution >= 4 is 5.91 Å². The van der Waals surface area contributed by atoms with E-state index in [0.717, 1.165) is 11.3 Å². The maximum Gasteiger partial charge on any atom is 0.258 e. The van der Waals surface area contributed by atoms with Crippen LogP contribution in [0.2, 0.25) is 0 Å². The molecule has 2 aromatic carbocycles. The molecule has 1 N–H and O–H groups in total. The molecule has 132 valence electrons. The molecule has 1 heterocycles. The third-order valence-electron chi connectivity index (χ3n) is 4.03. The van der Waals surface area contributed by atoms with E-state index in [-0.39, 0.29) is 16.8 Å². The number of carbonyl (C=O) groups excluding carboxylic acids is 1. The maximum absolute atomic E-state index is 12.6. The molecule has 0 spiro atoms. The summed E-state index contributed by atoms with van der Waals surface area (Å²) in [4.78, 5) is 24.8. The first-order valence-electron chi connectivity index (χ1n) is 8.20. The second-order valence-electron chi connectivity index (χ2n) is 5.75.